The predicted octanol–water partition coefficient (Wildman–Crippen LogP) is 4.63. The zero-order valence-corrected chi connectivity index (χ0v) is 19.5. The predicted molar refractivity (Wildman–Crippen MR) is 133 cm³/mol. The van der Waals surface area contributed by atoms with Crippen LogP contribution in [0.15, 0.2) is 64.8 Å². The molecule has 0 saturated carbocycles. The molecule has 1 aliphatic heterocycles. The van der Waals surface area contributed by atoms with Gasteiger partial charge in [0.15, 0.2) is 5.82 Å². The molecule has 5 aromatic rings. The van der Waals surface area contributed by atoms with Crippen LogP contribution in [0.25, 0.3) is 27.4 Å². The summed E-state index contributed by atoms with van der Waals surface area (Å²) in [6.45, 7) is 3.38. The number of rotatable bonds is 3. The molecule has 3 aromatic heterocycles. The summed E-state index contributed by atoms with van der Waals surface area (Å²) in [6.07, 6.45) is 2.05. The van der Waals surface area contributed by atoms with Crippen LogP contribution in [0.4, 0.5) is 0 Å². The minimum Gasteiger partial charge on any atom is -0.338 e. The monoisotopic (exact) mass is 469 g/mol. The second kappa shape index (κ2) is 8.22. The molecule has 0 aliphatic carbocycles. The van der Waals surface area contributed by atoms with E-state index in [0.29, 0.717) is 29.4 Å². The summed E-state index contributed by atoms with van der Waals surface area (Å²) in [5.74, 6) is 0.967. The van der Waals surface area contributed by atoms with Gasteiger partial charge in [-0.15, -0.1) is 21.5 Å². The summed E-state index contributed by atoms with van der Waals surface area (Å²) in [5.41, 5.74) is 4.04. The fourth-order valence-electron chi connectivity index (χ4n) is 4.94. The average molecular weight is 470 g/mol. The van der Waals surface area contributed by atoms with Crippen LogP contribution in [0.1, 0.15) is 40.2 Å². The van der Waals surface area contributed by atoms with Crippen molar-refractivity contribution < 1.29 is 4.79 Å². The number of aromatic amines is 1. The van der Waals surface area contributed by atoms with E-state index in [1.54, 1.807) is 21.8 Å². The van der Waals surface area contributed by atoms with Crippen LogP contribution in [-0.4, -0.2) is 43.5 Å². The fourth-order valence-corrected chi connectivity index (χ4v) is 5.64. The highest BCUT2D eigenvalue weighted by Gasteiger charge is 2.27. The first-order valence-corrected chi connectivity index (χ1v) is 12.3. The standard InChI is InChI=1S/C26H23N5O2S/c1-16-13-21-20(27-25(32)24-29-28-23(31(21)24)22-10-6-12-34-22)14-19(16)26(33)30-11-5-9-18(15-30)17-7-3-2-4-8-17/h2-4,6-8,10,12-14,18H,5,9,11,15H2,1H3,(H,27,32). The van der Waals surface area contributed by atoms with Gasteiger partial charge >= 0.3 is 0 Å². The Morgan fingerprint density at radius 3 is 2.76 bits per heavy atom. The number of nitrogens with zero attached hydrogens (tertiary/aromatic N) is 4. The molecule has 1 saturated heterocycles. The molecule has 1 unspecified atom stereocenters. The Morgan fingerprint density at radius 2 is 1.97 bits per heavy atom. The topological polar surface area (TPSA) is 83.4 Å². The molecule has 1 aliphatic rings. The highest BCUT2D eigenvalue weighted by Crippen LogP contribution is 2.30. The maximum Gasteiger partial charge on any atom is 0.294 e. The third kappa shape index (κ3) is 3.42. The molecule has 170 valence electrons. The molecule has 0 radical (unpaired) electrons. The molecule has 1 N–H and O–H groups in total. The van der Waals surface area contributed by atoms with Gasteiger partial charge < -0.3 is 9.88 Å². The molecule has 6 rings (SSSR count). The average Bonchev–Trinajstić information content (AvgIpc) is 3.55. The minimum atomic E-state index is -0.327. The SMILES string of the molecule is Cc1cc2c(cc1C(=O)N1CCCC(c3ccccc3)C1)[nH]c(=O)c1nnc(-c3cccs3)n12. The molecule has 1 fully saturated rings. The van der Waals surface area contributed by atoms with E-state index in [1.807, 2.05) is 41.5 Å². The number of piperidine rings is 1. The van der Waals surface area contributed by atoms with E-state index in [2.05, 4.69) is 39.4 Å². The highest BCUT2D eigenvalue weighted by atomic mass is 32.1. The third-order valence-corrected chi connectivity index (χ3v) is 7.52. The van der Waals surface area contributed by atoms with Gasteiger partial charge in [0.2, 0.25) is 5.65 Å². The summed E-state index contributed by atoms with van der Waals surface area (Å²) < 4.78 is 1.79. The number of amides is 1. The maximum atomic E-state index is 13.6. The van der Waals surface area contributed by atoms with Gasteiger partial charge in [0.25, 0.3) is 11.5 Å². The first-order chi connectivity index (χ1) is 16.6. The van der Waals surface area contributed by atoms with Gasteiger partial charge in [-0.25, -0.2) is 0 Å². The molecule has 0 spiro atoms. The molecule has 2 aromatic carbocycles. The van der Waals surface area contributed by atoms with E-state index in [-0.39, 0.29) is 17.1 Å². The number of nitrogens with one attached hydrogen (secondary N) is 1. The Hall–Kier alpha value is -3.78. The van der Waals surface area contributed by atoms with Crippen molar-refractivity contribution >= 4 is 33.9 Å². The number of hydrogen-bond acceptors (Lipinski definition) is 5. The molecule has 4 heterocycles. The van der Waals surface area contributed by atoms with Crippen LogP contribution in [0.2, 0.25) is 0 Å². The van der Waals surface area contributed by atoms with Crippen LogP contribution >= 0.6 is 11.3 Å². The third-order valence-electron chi connectivity index (χ3n) is 6.65. The highest BCUT2D eigenvalue weighted by molar-refractivity contribution is 7.13. The Kier molecular flexibility index (Phi) is 5.03. The van der Waals surface area contributed by atoms with E-state index in [0.717, 1.165) is 35.3 Å². The second-order valence-electron chi connectivity index (χ2n) is 8.80. The van der Waals surface area contributed by atoms with Crippen LogP contribution < -0.4 is 5.56 Å². The molecule has 7 nitrogen and oxygen atoms in total. The van der Waals surface area contributed by atoms with Gasteiger partial charge in [0.1, 0.15) is 0 Å². The largest absolute Gasteiger partial charge is 0.338 e. The van der Waals surface area contributed by atoms with Gasteiger partial charge in [-0.05, 0) is 54.5 Å². The first kappa shape index (κ1) is 20.8. The zero-order chi connectivity index (χ0) is 23.2. The molecule has 1 amide bonds. The van der Waals surface area contributed by atoms with Crippen molar-refractivity contribution in [2.24, 2.45) is 0 Å². The quantitative estimate of drug-likeness (QED) is 0.418. The fraction of sp³-hybridized carbons (Fsp3) is 0.231. The summed E-state index contributed by atoms with van der Waals surface area (Å²) in [6, 6.07) is 18.1. The number of carbonyl (C=O) groups is 1. The van der Waals surface area contributed by atoms with Crippen molar-refractivity contribution in [3.05, 3.63) is 87.0 Å². The van der Waals surface area contributed by atoms with Gasteiger partial charge in [-0.3, -0.25) is 14.0 Å². The summed E-state index contributed by atoms with van der Waals surface area (Å²) in [7, 11) is 0. The number of fused-ring (bicyclic) bond motifs is 3. The summed E-state index contributed by atoms with van der Waals surface area (Å²) in [5, 5.41) is 10.4. The number of thiophene rings is 1. The molecular formula is C26H23N5O2S. The lowest BCUT2D eigenvalue weighted by Gasteiger charge is -2.33. The lowest BCUT2D eigenvalue weighted by atomic mass is 9.90. The van der Waals surface area contributed by atoms with E-state index < -0.39 is 0 Å². The van der Waals surface area contributed by atoms with Gasteiger partial charge in [0, 0.05) is 24.6 Å². The van der Waals surface area contributed by atoms with E-state index in [1.165, 1.54) is 5.56 Å². The maximum absolute atomic E-state index is 13.6. The number of hydrogen-bond donors (Lipinski definition) is 1. The molecule has 0 bridgehead atoms. The summed E-state index contributed by atoms with van der Waals surface area (Å²) >= 11 is 1.54. The Morgan fingerprint density at radius 1 is 1.12 bits per heavy atom. The van der Waals surface area contributed by atoms with Crippen LogP contribution in [0.3, 0.4) is 0 Å². The van der Waals surface area contributed by atoms with Crippen LogP contribution in [0.5, 0.6) is 0 Å². The Bertz CT molecular complexity index is 1570. The van der Waals surface area contributed by atoms with Crippen LogP contribution in [-0.2, 0) is 0 Å². The van der Waals surface area contributed by atoms with Gasteiger partial charge in [-0.1, -0.05) is 36.4 Å². The molecule has 8 heteroatoms. The Labute approximate surface area is 199 Å². The number of benzene rings is 2. The van der Waals surface area contributed by atoms with Crippen molar-refractivity contribution in [1.82, 2.24) is 24.5 Å². The van der Waals surface area contributed by atoms with E-state index in [9.17, 15) is 9.59 Å². The zero-order valence-electron chi connectivity index (χ0n) is 18.7. The van der Waals surface area contributed by atoms with Crippen molar-refractivity contribution in [3.8, 4) is 10.7 Å². The second-order valence-corrected chi connectivity index (χ2v) is 9.75. The minimum absolute atomic E-state index is 0.00298. The lowest BCUT2D eigenvalue weighted by Crippen LogP contribution is -2.39. The van der Waals surface area contributed by atoms with Crippen molar-refractivity contribution in [1.29, 1.82) is 0 Å². The number of H-pyrrole nitrogens is 1. The van der Waals surface area contributed by atoms with Crippen LogP contribution in [0, 0.1) is 6.92 Å². The summed E-state index contributed by atoms with van der Waals surface area (Å²) in [4.78, 5) is 32.1. The normalized spacial score (nSPS) is 16.4. The number of aryl methyl sites for hydroxylation is 1. The van der Waals surface area contributed by atoms with Gasteiger partial charge in [0.05, 0.1) is 15.9 Å². The molecular weight excluding hydrogens is 446 g/mol. The first-order valence-electron chi connectivity index (χ1n) is 11.4. The van der Waals surface area contributed by atoms with Crippen molar-refractivity contribution in [2.75, 3.05) is 13.1 Å². The molecule has 1 atom stereocenters. The lowest BCUT2D eigenvalue weighted by molar-refractivity contribution is 0.0706. The Balaban J connectivity index is 1.41. The van der Waals surface area contributed by atoms with E-state index in [4.69, 9.17) is 0 Å². The van der Waals surface area contributed by atoms with Gasteiger partial charge in [-0.2, -0.15) is 0 Å². The van der Waals surface area contributed by atoms with Crippen molar-refractivity contribution in [2.45, 2.75) is 25.7 Å². The number of carbonyl (C=O) groups excluding carboxylic acids is 1. The van der Waals surface area contributed by atoms with E-state index >= 15 is 0 Å². The number of likely N-dealkylation sites (tertiary alicyclic amines) is 1. The smallest absolute Gasteiger partial charge is 0.294 e. The molecule has 34 heavy (non-hydrogen) atoms. The number of aromatic nitrogens is 4. The van der Waals surface area contributed by atoms with Crippen molar-refractivity contribution in [3.63, 3.8) is 0 Å².